The summed E-state index contributed by atoms with van der Waals surface area (Å²) < 4.78 is 0. The van der Waals surface area contributed by atoms with E-state index in [0.29, 0.717) is 17.1 Å². The van der Waals surface area contributed by atoms with Crippen molar-refractivity contribution in [1.29, 1.82) is 0 Å². The van der Waals surface area contributed by atoms with Crippen LogP contribution in [-0.2, 0) is 0 Å². The van der Waals surface area contributed by atoms with Crippen molar-refractivity contribution in [2.24, 2.45) is 5.92 Å². The van der Waals surface area contributed by atoms with Crippen molar-refractivity contribution in [2.75, 3.05) is 0 Å². The van der Waals surface area contributed by atoms with Gasteiger partial charge in [-0.15, -0.1) is 0 Å². The summed E-state index contributed by atoms with van der Waals surface area (Å²) in [6.45, 7) is 4.45. The first-order valence-corrected chi connectivity index (χ1v) is 6.58. The Labute approximate surface area is 107 Å². The van der Waals surface area contributed by atoms with Crippen LogP contribution < -0.4 is 5.32 Å². The molecule has 0 radical (unpaired) electrons. The molecule has 1 N–H and O–H groups in total. The molecule has 0 saturated heterocycles. The smallest absolute Gasteiger partial charge is 0.0468 e. The molecule has 0 amide bonds. The highest BCUT2D eigenvalue weighted by Crippen LogP contribution is 2.34. The summed E-state index contributed by atoms with van der Waals surface area (Å²) in [7, 11) is 0. The van der Waals surface area contributed by atoms with Gasteiger partial charge < -0.3 is 5.32 Å². The number of halogens is 2. The molecule has 2 rings (SSSR count). The largest absolute Gasteiger partial charge is 0.307 e. The fraction of sp³-hybridized carbons (Fsp3) is 0.538. The Morgan fingerprint density at radius 2 is 2.12 bits per heavy atom. The lowest BCUT2D eigenvalue weighted by Crippen LogP contribution is -2.24. The summed E-state index contributed by atoms with van der Waals surface area (Å²) in [4.78, 5) is 0. The van der Waals surface area contributed by atoms with E-state index >= 15 is 0 Å². The molecule has 1 aliphatic rings. The molecule has 88 valence electrons. The van der Waals surface area contributed by atoms with E-state index in [9.17, 15) is 0 Å². The fourth-order valence-corrected chi connectivity index (χ4v) is 2.56. The normalized spacial score (nSPS) is 25.5. The molecular weight excluding hydrogens is 241 g/mol. The van der Waals surface area contributed by atoms with Crippen LogP contribution in [0.25, 0.3) is 0 Å². The molecule has 1 aromatic carbocycles. The van der Waals surface area contributed by atoms with Gasteiger partial charge in [0.15, 0.2) is 0 Å². The van der Waals surface area contributed by atoms with E-state index in [1.54, 1.807) is 0 Å². The van der Waals surface area contributed by atoms with Crippen LogP contribution in [-0.4, -0.2) is 6.04 Å². The molecule has 0 bridgehead atoms. The molecule has 1 nitrogen and oxygen atoms in total. The zero-order chi connectivity index (χ0) is 11.7. The van der Waals surface area contributed by atoms with Crippen molar-refractivity contribution in [2.45, 2.75) is 38.8 Å². The van der Waals surface area contributed by atoms with Gasteiger partial charge in [-0.05, 0) is 36.5 Å². The van der Waals surface area contributed by atoms with Crippen molar-refractivity contribution >= 4 is 23.2 Å². The maximum absolute atomic E-state index is 6.22. The Kier molecular flexibility index (Phi) is 3.78. The van der Waals surface area contributed by atoms with Gasteiger partial charge in [0.25, 0.3) is 0 Å². The minimum Gasteiger partial charge on any atom is -0.307 e. The molecule has 16 heavy (non-hydrogen) atoms. The molecule has 0 heterocycles. The third kappa shape index (κ3) is 2.71. The first-order valence-electron chi connectivity index (χ1n) is 5.82. The van der Waals surface area contributed by atoms with Crippen LogP contribution in [0.2, 0.25) is 10.0 Å². The van der Waals surface area contributed by atoms with Crippen LogP contribution in [0.1, 0.15) is 38.3 Å². The van der Waals surface area contributed by atoms with Crippen LogP contribution in [0.5, 0.6) is 0 Å². The average molecular weight is 258 g/mol. The van der Waals surface area contributed by atoms with E-state index in [2.05, 4.69) is 19.2 Å². The van der Waals surface area contributed by atoms with Gasteiger partial charge in [0.05, 0.1) is 0 Å². The van der Waals surface area contributed by atoms with Gasteiger partial charge in [-0.2, -0.15) is 0 Å². The molecule has 0 aromatic heterocycles. The van der Waals surface area contributed by atoms with Crippen LogP contribution in [0.4, 0.5) is 0 Å². The highest BCUT2D eigenvalue weighted by molar-refractivity contribution is 6.35. The molecule has 0 spiro atoms. The monoisotopic (exact) mass is 257 g/mol. The van der Waals surface area contributed by atoms with Gasteiger partial charge in [-0.3, -0.25) is 0 Å². The number of hydrogen-bond acceptors (Lipinski definition) is 1. The minimum atomic E-state index is 0.347. The number of hydrogen-bond donors (Lipinski definition) is 1. The molecule has 3 heteroatoms. The summed E-state index contributed by atoms with van der Waals surface area (Å²) in [5, 5.41) is 5.10. The molecule has 1 aromatic rings. The molecule has 1 saturated carbocycles. The van der Waals surface area contributed by atoms with E-state index in [-0.39, 0.29) is 0 Å². The second-order valence-electron chi connectivity index (χ2n) is 4.61. The van der Waals surface area contributed by atoms with E-state index in [1.807, 2.05) is 18.2 Å². The minimum absolute atomic E-state index is 0.347. The maximum atomic E-state index is 6.22. The SMILES string of the molecule is CCC(NC1CC1C)c1ccc(Cl)cc1Cl. The highest BCUT2D eigenvalue weighted by atomic mass is 35.5. The Morgan fingerprint density at radius 3 is 2.62 bits per heavy atom. The van der Waals surface area contributed by atoms with Crippen LogP contribution in [0, 0.1) is 5.92 Å². The number of nitrogens with one attached hydrogen (secondary N) is 1. The second kappa shape index (κ2) is 4.95. The van der Waals surface area contributed by atoms with Crippen LogP contribution in [0.3, 0.4) is 0 Å². The average Bonchev–Trinajstić information content (AvgIpc) is 2.92. The Balaban J connectivity index is 2.12. The highest BCUT2D eigenvalue weighted by Gasteiger charge is 2.34. The molecule has 3 atom stereocenters. The fourth-order valence-electron chi connectivity index (χ4n) is 2.02. The van der Waals surface area contributed by atoms with Crippen molar-refractivity contribution in [3.05, 3.63) is 33.8 Å². The van der Waals surface area contributed by atoms with Crippen LogP contribution >= 0.6 is 23.2 Å². The van der Waals surface area contributed by atoms with Crippen molar-refractivity contribution in [1.82, 2.24) is 5.32 Å². The lowest BCUT2D eigenvalue weighted by molar-refractivity contribution is 0.503. The predicted molar refractivity (Wildman–Crippen MR) is 70.2 cm³/mol. The van der Waals surface area contributed by atoms with E-state index in [1.165, 1.54) is 6.42 Å². The quantitative estimate of drug-likeness (QED) is 0.841. The van der Waals surface area contributed by atoms with Crippen molar-refractivity contribution in [3.8, 4) is 0 Å². The van der Waals surface area contributed by atoms with Gasteiger partial charge in [-0.1, -0.05) is 43.1 Å². The zero-order valence-electron chi connectivity index (χ0n) is 9.63. The van der Waals surface area contributed by atoms with Crippen molar-refractivity contribution in [3.63, 3.8) is 0 Å². The zero-order valence-corrected chi connectivity index (χ0v) is 11.1. The Bertz CT molecular complexity index is 378. The molecular formula is C13H17Cl2N. The molecule has 1 fully saturated rings. The summed E-state index contributed by atoms with van der Waals surface area (Å²) in [5.41, 5.74) is 1.16. The maximum Gasteiger partial charge on any atom is 0.0468 e. The topological polar surface area (TPSA) is 12.0 Å². The molecule has 0 aliphatic heterocycles. The lowest BCUT2D eigenvalue weighted by Gasteiger charge is -2.19. The first kappa shape index (κ1) is 12.2. The van der Waals surface area contributed by atoms with E-state index in [4.69, 9.17) is 23.2 Å². The molecule has 1 aliphatic carbocycles. The Hall–Kier alpha value is -0.240. The van der Waals surface area contributed by atoms with Gasteiger partial charge >= 0.3 is 0 Å². The van der Waals surface area contributed by atoms with Gasteiger partial charge in [0, 0.05) is 22.1 Å². The summed E-state index contributed by atoms with van der Waals surface area (Å²) in [6, 6.07) is 6.76. The van der Waals surface area contributed by atoms with Gasteiger partial charge in [0.1, 0.15) is 0 Å². The number of benzene rings is 1. The second-order valence-corrected chi connectivity index (χ2v) is 5.46. The molecule has 3 unspecified atom stereocenters. The van der Waals surface area contributed by atoms with Gasteiger partial charge in [0.2, 0.25) is 0 Å². The van der Waals surface area contributed by atoms with Crippen LogP contribution in [0.15, 0.2) is 18.2 Å². The van der Waals surface area contributed by atoms with E-state index < -0.39 is 0 Å². The standard InChI is InChI=1S/C13H17Cl2N/c1-3-12(16-13-6-8(13)2)10-5-4-9(14)7-11(10)15/h4-5,7-8,12-13,16H,3,6H2,1-2H3. The van der Waals surface area contributed by atoms with Gasteiger partial charge in [-0.25, -0.2) is 0 Å². The lowest BCUT2D eigenvalue weighted by atomic mass is 10.0. The summed E-state index contributed by atoms with van der Waals surface area (Å²) in [6.07, 6.45) is 2.33. The first-order chi connectivity index (χ1) is 7.61. The van der Waals surface area contributed by atoms with E-state index in [0.717, 1.165) is 22.9 Å². The summed E-state index contributed by atoms with van der Waals surface area (Å²) in [5.74, 6) is 0.806. The number of rotatable bonds is 4. The summed E-state index contributed by atoms with van der Waals surface area (Å²) >= 11 is 12.1. The Morgan fingerprint density at radius 1 is 1.44 bits per heavy atom. The predicted octanol–water partition coefficient (Wildman–Crippen LogP) is 4.44. The third-order valence-electron chi connectivity index (χ3n) is 3.27. The third-order valence-corrected chi connectivity index (χ3v) is 3.83. The van der Waals surface area contributed by atoms with Crippen molar-refractivity contribution < 1.29 is 0 Å².